The summed E-state index contributed by atoms with van der Waals surface area (Å²) in [4.78, 5) is 16.6. The van der Waals surface area contributed by atoms with Gasteiger partial charge in [0.25, 0.3) is 0 Å². The zero-order valence-electron chi connectivity index (χ0n) is 16.2. The fourth-order valence-electron chi connectivity index (χ4n) is 4.42. The molecule has 0 aliphatic heterocycles. The van der Waals surface area contributed by atoms with Crippen molar-refractivity contribution < 1.29 is 9.90 Å². The Balaban J connectivity index is 1.68. The van der Waals surface area contributed by atoms with Gasteiger partial charge in [-0.3, -0.25) is 4.79 Å². The van der Waals surface area contributed by atoms with Crippen LogP contribution in [0.4, 0.5) is 0 Å². The van der Waals surface area contributed by atoms with Gasteiger partial charge in [-0.1, -0.05) is 78.3 Å². The van der Waals surface area contributed by atoms with Crippen LogP contribution in [0.15, 0.2) is 96.3 Å². The van der Waals surface area contributed by atoms with Crippen LogP contribution in [0, 0.1) is 0 Å². The first-order chi connectivity index (χ1) is 14.6. The number of aromatic nitrogens is 1. The summed E-state index contributed by atoms with van der Waals surface area (Å²) in [6.07, 6.45) is 0.278. The maximum atomic E-state index is 13.2. The van der Waals surface area contributed by atoms with Gasteiger partial charge in [0.1, 0.15) is 5.76 Å². The van der Waals surface area contributed by atoms with Gasteiger partial charge in [-0.05, 0) is 34.7 Å². The summed E-state index contributed by atoms with van der Waals surface area (Å²) in [5.74, 6) is -0.541. The Bertz CT molecular complexity index is 1260. The van der Waals surface area contributed by atoms with E-state index in [0.29, 0.717) is 10.6 Å². The molecular formula is C26H20ClNO2. The van der Waals surface area contributed by atoms with Crippen molar-refractivity contribution in [2.24, 2.45) is 0 Å². The van der Waals surface area contributed by atoms with E-state index in [1.807, 2.05) is 84.9 Å². The highest BCUT2D eigenvalue weighted by Crippen LogP contribution is 2.44. The molecule has 4 heteroatoms. The predicted octanol–water partition coefficient (Wildman–Crippen LogP) is 6.52. The van der Waals surface area contributed by atoms with Gasteiger partial charge in [0.15, 0.2) is 5.78 Å². The molecule has 30 heavy (non-hydrogen) atoms. The molecule has 0 radical (unpaired) electrons. The van der Waals surface area contributed by atoms with Crippen LogP contribution < -0.4 is 0 Å². The first-order valence-electron chi connectivity index (χ1n) is 9.96. The standard InChI is InChI=1S/C26H20ClNO2/c27-19-12-11-18-13-22(28-21(18)14-19)24(17-9-5-2-6-10-17)25-23(29)15-20(26(25)30)16-7-3-1-4-8-16/h1-14,20,24,28,30H,15H2. The second kappa shape index (κ2) is 7.51. The van der Waals surface area contributed by atoms with Gasteiger partial charge in [0.05, 0.1) is 5.92 Å². The number of benzene rings is 3. The third-order valence-corrected chi connectivity index (χ3v) is 6.07. The fourth-order valence-corrected chi connectivity index (χ4v) is 4.59. The summed E-state index contributed by atoms with van der Waals surface area (Å²) in [5, 5.41) is 12.9. The molecule has 2 unspecified atom stereocenters. The largest absolute Gasteiger partial charge is 0.511 e. The van der Waals surface area contributed by atoms with Crippen molar-refractivity contribution in [3.8, 4) is 0 Å². The molecule has 5 rings (SSSR count). The molecule has 0 amide bonds. The van der Waals surface area contributed by atoms with E-state index in [1.165, 1.54) is 0 Å². The van der Waals surface area contributed by atoms with Gasteiger partial charge >= 0.3 is 0 Å². The lowest BCUT2D eigenvalue weighted by atomic mass is 9.86. The van der Waals surface area contributed by atoms with Crippen molar-refractivity contribution in [3.05, 3.63) is 118 Å². The Morgan fingerprint density at radius 3 is 2.37 bits per heavy atom. The van der Waals surface area contributed by atoms with Crippen LogP contribution in [0.2, 0.25) is 5.02 Å². The minimum absolute atomic E-state index is 0.0214. The van der Waals surface area contributed by atoms with Crippen molar-refractivity contribution in [1.29, 1.82) is 0 Å². The zero-order chi connectivity index (χ0) is 20.7. The first-order valence-corrected chi connectivity index (χ1v) is 10.3. The Hall–Kier alpha value is -3.30. The smallest absolute Gasteiger partial charge is 0.164 e. The number of aromatic amines is 1. The van der Waals surface area contributed by atoms with Crippen molar-refractivity contribution in [3.63, 3.8) is 0 Å². The number of aliphatic hydroxyl groups is 1. The SMILES string of the molecule is O=C1CC(c2ccccc2)C(O)=C1C(c1ccccc1)c1cc2ccc(Cl)cc2[nH]1. The molecular weight excluding hydrogens is 394 g/mol. The van der Waals surface area contributed by atoms with E-state index in [1.54, 1.807) is 0 Å². The van der Waals surface area contributed by atoms with Crippen molar-refractivity contribution in [1.82, 2.24) is 4.98 Å². The number of hydrogen-bond donors (Lipinski definition) is 2. The molecule has 0 saturated carbocycles. The molecule has 0 saturated heterocycles. The quantitative estimate of drug-likeness (QED) is 0.400. The Morgan fingerprint density at radius 2 is 1.63 bits per heavy atom. The lowest BCUT2D eigenvalue weighted by Gasteiger charge is -2.18. The number of fused-ring (bicyclic) bond motifs is 1. The number of Topliss-reactive ketones (excluding diaryl/α,β-unsaturated/α-hetero) is 1. The number of hydrogen-bond acceptors (Lipinski definition) is 2. The molecule has 2 N–H and O–H groups in total. The number of ketones is 1. The lowest BCUT2D eigenvalue weighted by Crippen LogP contribution is -2.11. The minimum Gasteiger partial charge on any atom is -0.511 e. The Kier molecular flexibility index (Phi) is 4.68. The maximum Gasteiger partial charge on any atom is 0.164 e. The fraction of sp³-hybridized carbons (Fsp3) is 0.115. The maximum absolute atomic E-state index is 13.2. The average Bonchev–Trinajstić information content (AvgIpc) is 3.31. The van der Waals surface area contributed by atoms with E-state index in [0.717, 1.165) is 27.7 Å². The van der Waals surface area contributed by atoms with E-state index < -0.39 is 0 Å². The predicted molar refractivity (Wildman–Crippen MR) is 120 cm³/mol. The van der Waals surface area contributed by atoms with Gasteiger partial charge in [-0.2, -0.15) is 0 Å². The van der Waals surface area contributed by atoms with Crippen LogP contribution in [-0.4, -0.2) is 15.9 Å². The van der Waals surface area contributed by atoms with Crippen molar-refractivity contribution in [2.75, 3.05) is 0 Å². The first kappa shape index (κ1) is 18.7. The number of H-pyrrole nitrogens is 1. The van der Waals surface area contributed by atoms with E-state index in [2.05, 4.69) is 4.98 Å². The van der Waals surface area contributed by atoms with Crippen LogP contribution in [0.5, 0.6) is 0 Å². The van der Waals surface area contributed by atoms with E-state index in [-0.39, 0.29) is 29.8 Å². The lowest BCUT2D eigenvalue weighted by molar-refractivity contribution is -0.115. The van der Waals surface area contributed by atoms with Crippen LogP contribution in [0.25, 0.3) is 10.9 Å². The van der Waals surface area contributed by atoms with Crippen LogP contribution >= 0.6 is 11.6 Å². The molecule has 3 aromatic carbocycles. The summed E-state index contributed by atoms with van der Waals surface area (Å²) in [7, 11) is 0. The van der Waals surface area contributed by atoms with Gasteiger partial charge < -0.3 is 10.1 Å². The number of carbonyl (C=O) groups is 1. The van der Waals surface area contributed by atoms with E-state index in [4.69, 9.17) is 11.6 Å². The minimum atomic E-state index is -0.376. The number of aliphatic hydroxyl groups excluding tert-OH is 1. The van der Waals surface area contributed by atoms with Crippen LogP contribution in [0.1, 0.15) is 35.1 Å². The third kappa shape index (κ3) is 3.21. The molecule has 0 bridgehead atoms. The molecule has 3 nitrogen and oxygen atoms in total. The molecule has 0 spiro atoms. The number of nitrogens with one attached hydrogen (secondary N) is 1. The third-order valence-electron chi connectivity index (χ3n) is 5.84. The second-order valence-corrected chi connectivity index (χ2v) is 8.13. The van der Waals surface area contributed by atoms with E-state index in [9.17, 15) is 9.90 Å². The molecule has 1 heterocycles. The number of carbonyl (C=O) groups excluding carboxylic acids is 1. The van der Waals surface area contributed by atoms with Crippen LogP contribution in [0.3, 0.4) is 0 Å². The highest BCUT2D eigenvalue weighted by atomic mass is 35.5. The number of allylic oxidation sites excluding steroid dienone is 2. The molecule has 0 fully saturated rings. The normalized spacial score (nSPS) is 17.6. The van der Waals surface area contributed by atoms with Gasteiger partial charge in [-0.25, -0.2) is 0 Å². The van der Waals surface area contributed by atoms with E-state index >= 15 is 0 Å². The topological polar surface area (TPSA) is 53.1 Å². The molecule has 4 aromatic rings. The molecule has 1 aliphatic carbocycles. The Labute approximate surface area is 179 Å². The highest BCUT2D eigenvalue weighted by Gasteiger charge is 2.39. The summed E-state index contributed by atoms with van der Waals surface area (Å²) < 4.78 is 0. The number of rotatable bonds is 4. The molecule has 148 valence electrons. The summed E-state index contributed by atoms with van der Waals surface area (Å²) in [5.41, 5.74) is 4.14. The van der Waals surface area contributed by atoms with Gasteiger partial charge in [0, 0.05) is 34.1 Å². The van der Waals surface area contributed by atoms with Gasteiger partial charge in [0.2, 0.25) is 0 Å². The summed E-state index contributed by atoms with van der Waals surface area (Å²) in [6, 6.07) is 27.3. The second-order valence-electron chi connectivity index (χ2n) is 7.69. The summed E-state index contributed by atoms with van der Waals surface area (Å²) >= 11 is 6.16. The monoisotopic (exact) mass is 413 g/mol. The number of halogens is 1. The molecule has 2 atom stereocenters. The van der Waals surface area contributed by atoms with Crippen molar-refractivity contribution >= 4 is 28.3 Å². The zero-order valence-corrected chi connectivity index (χ0v) is 16.9. The Morgan fingerprint density at radius 1 is 0.933 bits per heavy atom. The van der Waals surface area contributed by atoms with Crippen LogP contribution in [-0.2, 0) is 4.79 Å². The molecule has 1 aliphatic rings. The highest BCUT2D eigenvalue weighted by molar-refractivity contribution is 6.31. The average molecular weight is 414 g/mol. The molecule has 1 aromatic heterocycles. The summed E-state index contributed by atoms with van der Waals surface area (Å²) in [6.45, 7) is 0. The van der Waals surface area contributed by atoms with Gasteiger partial charge in [-0.15, -0.1) is 0 Å². The van der Waals surface area contributed by atoms with Crippen molar-refractivity contribution in [2.45, 2.75) is 18.3 Å².